The lowest BCUT2D eigenvalue weighted by Gasteiger charge is -2.29. The van der Waals surface area contributed by atoms with Gasteiger partial charge in [-0.2, -0.15) is 0 Å². The van der Waals surface area contributed by atoms with Crippen LogP contribution in [0.25, 0.3) is 10.8 Å². The largest absolute Gasteiger partial charge is 0.497 e. The van der Waals surface area contributed by atoms with Gasteiger partial charge in [-0.05, 0) is 46.8 Å². The normalized spacial score (nSPS) is 22.7. The van der Waals surface area contributed by atoms with Crippen LogP contribution in [0.15, 0.2) is 53.8 Å². The minimum absolute atomic E-state index is 0.402. The summed E-state index contributed by atoms with van der Waals surface area (Å²) < 4.78 is 11.2. The molecule has 1 spiro atoms. The number of nitrogens with one attached hydrogen (secondary N) is 1. The summed E-state index contributed by atoms with van der Waals surface area (Å²) in [5.41, 5.74) is 1.72. The monoisotopic (exact) mass is 299 g/mol. The highest BCUT2D eigenvalue weighted by atomic mass is 35.5. The van der Waals surface area contributed by atoms with E-state index >= 15 is 0 Å². The number of benzene rings is 2. The SMILES string of the molecule is COc1ccc2ccc3c(c2c1)NC1(C=CC=C(Cl)O1)C3. The molecule has 0 amide bonds. The third-order valence-corrected chi connectivity index (χ3v) is 4.18. The van der Waals surface area contributed by atoms with Crippen LogP contribution in [-0.4, -0.2) is 12.8 Å². The van der Waals surface area contributed by atoms with Gasteiger partial charge >= 0.3 is 0 Å². The fourth-order valence-corrected chi connectivity index (χ4v) is 3.20. The van der Waals surface area contributed by atoms with Crippen molar-refractivity contribution in [1.82, 2.24) is 0 Å². The molecule has 2 aromatic rings. The van der Waals surface area contributed by atoms with E-state index in [1.54, 1.807) is 13.2 Å². The quantitative estimate of drug-likeness (QED) is 0.857. The molecule has 0 saturated heterocycles. The van der Waals surface area contributed by atoms with Crippen molar-refractivity contribution < 1.29 is 9.47 Å². The molecule has 3 nitrogen and oxygen atoms in total. The number of hydrogen-bond acceptors (Lipinski definition) is 3. The first-order chi connectivity index (χ1) is 10.2. The number of ether oxygens (including phenoxy) is 2. The van der Waals surface area contributed by atoms with Crippen molar-refractivity contribution in [3.8, 4) is 5.75 Å². The first kappa shape index (κ1) is 12.6. The molecule has 106 valence electrons. The number of allylic oxidation sites excluding steroid dienone is 2. The fourth-order valence-electron chi connectivity index (χ4n) is 2.99. The van der Waals surface area contributed by atoms with Crippen LogP contribution in [0.2, 0.25) is 0 Å². The van der Waals surface area contributed by atoms with Gasteiger partial charge < -0.3 is 14.8 Å². The molecule has 1 N–H and O–H groups in total. The van der Waals surface area contributed by atoms with Crippen molar-refractivity contribution in [1.29, 1.82) is 0 Å². The molecule has 0 aromatic heterocycles. The zero-order valence-electron chi connectivity index (χ0n) is 11.5. The second-order valence-electron chi connectivity index (χ2n) is 5.31. The summed E-state index contributed by atoms with van der Waals surface area (Å²) in [6, 6.07) is 10.3. The highest BCUT2D eigenvalue weighted by Crippen LogP contribution is 2.42. The molecule has 4 rings (SSSR count). The number of methoxy groups -OCH3 is 1. The first-order valence-corrected chi connectivity index (χ1v) is 7.19. The number of halogens is 1. The number of rotatable bonds is 1. The lowest BCUT2D eigenvalue weighted by atomic mass is 10.0. The molecule has 0 fully saturated rings. The van der Waals surface area contributed by atoms with E-state index in [0.717, 1.165) is 23.2 Å². The zero-order valence-corrected chi connectivity index (χ0v) is 12.3. The average Bonchev–Trinajstić information content (AvgIpc) is 2.84. The summed E-state index contributed by atoms with van der Waals surface area (Å²) >= 11 is 6.02. The van der Waals surface area contributed by atoms with Crippen molar-refractivity contribution in [2.45, 2.75) is 12.1 Å². The van der Waals surface area contributed by atoms with Crippen molar-refractivity contribution in [2.75, 3.05) is 12.4 Å². The molecule has 0 radical (unpaired) electrons. The van der Waals surface area contributed by atoms with Crippen LogP contribution < -0.4 is 10.1 Å². The Morgan fingerprint density at radius 3 is 2.95 bits per heavy atom. The molecule has 2 aliphatic heterocycles. The van der Waals surface area contributed by atoms with Crippen LogP contribution in [-0.2, 0) is 11.2 Å². The number of anilines is 1. The highest BCUT2D eigenvalue weighted by molar-refractivity contribution is 6.28. The van der Waals surface area contributed by atoms with Gasteiger partial charge in [0.25, 0.3) is 0 Å². The Labute approximate surface area is 127 Å². The maximum atomic E-state index is 6.02. The lowest BCUT2D eigenvalue weighted by Crippen LogP contribution is -2.37. The van der Waals surface area contributed by atoms with E-state index in [1.165, 1.54) is 10.9 Å². The smallest absolute Gasteiger partial charge is 0.205 e. The summed E-state index contributed by atoms with van der Waals surface area (Å²) in [7, 11) is 1.68. The predicted molar refractivity (Wildman–Crippen MR) is 84.7 cm³/mol. The standard InChI is InChI=1S/C17H14ClNO2/c1-20-13-7-6-11-4-5-12-10-17(8-2-3-15(18)21-17)19-16(12)14(11)9-13/h2-9,19H,10H2,1H3. The molecule has 0 aliphatic carbocycles. The Balaban J connectivity index is 1.84. The van der Waals surface area contributed by atoms with Gasteiger partial charge in [0.1, 0.15) is 5.75 Å². The van der Waals surface area contributed by atoms with E-state index in [-0.39, 0.29) is 0 Å². The third-order valence-electron chi connectivity index (χ3n) is 3.98. The van der Waals surface area contributed by atoms with Gasteiger partial charge in [0.05, 0.1) is 7.11 Å². The molecule has 2 aromatic carbocycles. The van der Waals surface area contributed by atoms with Crippen LogP contribution in [0, 0.1) is 0 Å². The van der Waals surface area contributed by atoms with E-state index in [9.17, 15) is 0 Å². The van der Waals surface area contributed by atoms with E-state index in [4.69, 9.17) is 21.1 Å². The van der Waals surface area contributed by atoms with Gasteiger partial charge in [-0.25, -0.2) is 0 Å². The summed E-state index contributed by atoms with van der Waals surface area (Å²) in [6.07, 6.45) is 6.42. The van der Waals surface area contributed by atoms with Gasteiger partial charge in [0.2, 0.25) is 5.72 Å². The van der Waals surface area contributed by atoms with Gasteiger partial charge in [-0.3, -0.25) is 0 Å². The van der Waals surface area contributed by atoms with Gasteiger partial charge in [-0.1, -0.05) is 24.3 Å². The molecule has 2 heterocycles. The van der Waals surface area contributed by atoms with E-state index in [1.807, 2.05) is 24.3 Å². The summed E-state index contributed by atoms with van der Waals surface area (Å²) in [5, 5.41) is 6.19. The van der Waals surface area contributed by atoms with E-state index < -0.39 is 5.72 Å². The molecule has 4 heteroatoms. The number of fused-ring (bicyclic) bond motifs is 3. The first-order valence-electron chi connectivity index (χ1n) is 6.81. The molecule has 0 saturated carbocycles. The fraction of sp³-hybridized carbons (Fsp3) is 0.176. The molecule has 1 unspecified atom stereocenters. The van der Waals surface area contributed by atoms with Gasteiger partial charge in [0, 0.05) is 17.5 Å². The Morgan fingerprint density at radius 2 is 2.14 bits per heavy atom. The summed E-state index contributed by atoms with van der Waals surface area (Å²) in [5.74, 6) is 0.844. The maximum absolute atomic E-state index is 6.02. The van der Waals surface area contributed by atoms with Gasteiger partial charge in [-0.15, -0.1) is 0 Å². The van der Waals surface area contributed by atoms with Crippen LogP contribution in [0.4, 0.5) is 5.69 Å². The highest BCUT2D eigenvalue weighted by Gasteiger charge is 2.39. The molecule has 2 aliphatic rings. The van der Waals surface area contributed by atoms with Crippen LogP contribution in [0.3, 0.4) is 0 Å². The maximum Gasteiger partial charge on any atom is 0.205 e. The van der Waals surface area contributed by atoms with Crippen molar-refractivity contribution in [3.05, 3.63) is 59.3 Å². The third kappa shape index (κ3) is 1.96. The minimum atomic E-state index is -0.578. The van der Waals surface area contributed by atoms with E-state index in [0.29, 0.717) is 5.22 Å². The van der Waals surface area contributed by atoms with Gasteiger partial charge in [0.15, 0.2) is 5.22 Å². The molecular formula is C17H14ClNO2. The predicted octanol–water partition coefficient (Wildman–Crippen LogP) is 4.18. The lowest BCUT2D eigenvalue weighted by molar-refractivity contribution is 0.0893. The second-order valence-corrected chi connectivity index (χ2v) is 5.68. The minimum Gasteiger partial charge on any atom is -0.497 e. The topological polar surface area (TPSA) is 30.5 Å². The number of hydrogen-bond donors (Lipinski definition) is 1. The molecule has 21 heavy (non-hydrogen) atoms. The van der Waals surface area contributed by atoms with Crippen molar-refractivity contribution in [3.63, 3.8) is 0 Å². The Morgan fingerprint density at radius 1 is 1.29 bits per heavy atom. The zero-order chi connectivity index (χ0) is 14.4. The Hall–Kier alpha value is -2.13. The summed E-state index contributed by atoms with van der Waals surface area (Å²) in [4.78, 5) is 0. The molecule has 0 bridgehead atoms. The van der Waals surface area contributed by atoms with Crippen molar-refractivity contribution >= 4 is 28.1 Å². The van der Waals surface area contributed by atoms with Crippen LogP contribution >= 0.6 is 11.6 Å². The Bertz CT molecular complexity index is 797. The average molecular weight is 300 g/mol. The van der Waals surface area contributed by atoms with Crippen LogP contribution in [0.5, 0.6) is 5.75 Å². The van der Waals surface area contributed by atoms with Crippen LogP contribution in [0.1, 0.15) is 5.56 Å². The summed E-state index contributed by atoms with van der Waals surface area (Å²) in [6.45, 7) is 0. The second kappa shape index (κ2) is 4.43. The Kier molecular flexibility index (Phi) is 2.66. The molecule has 1 atom stereocenters. The van der Waals surface area contributed by atoms with Crippen molar-refractivity contribution in [2.24, 2.45) is 0 Å². The molecular weight excluding hydrogens is 286 g/mol. The van der Waals surface area contributed by atoms with E-state index in [2.05, 4.69) is 23.5 Å².